The average molecular weight is 430 g/mol. The van der Waals surface area contributed by atoms with Gasteiger partial charge in [-0.2, -0.15) is 0 Å². The van der Waals surface area contributed by atoms with Crippen LogP contribution in [0.2, 0.25) is 0 Å². The van der Waals surface area contributed by atoms with Crippen LogP contribution in [-0.4, -0.2) is 29.0 Å². The van der Waals surface area contributed by atoms with Crippen molar-refractivity contribution in [3.8, 4) is 11.5 Å². The van der Waals surface area contributed by atoms with Crippen LogP contribution in [0.1, 0.15) is 18.2 Å². The Morgan fingerprint density at radius 3 is 2.89 bits per heavy atom. The topological polar surface area (TPSA) is 64.9 Å². The Balaban J connectivity index is 1.61. The van der Waals surface area contributed by atoms with Gasteiger partial charge in [-0.05, 0) is 58.8 Å². The minimum absolute atomic E-state index is 0.193. The zero-order valence-electron chi connectivity index (χ0n) is 15.1. The molecule has 140 valence electrons. The molecule has 3 aromatic rings. The molecule has 0 bridgehead atoms. The van der Waals surface area contributed by atoms with E-state index in [9.17, 15) is 4.79 Å². The maximum Gasteiger partial charge on any atom is 0.244 e. The number of carbonyl (C=O) groups excluding carboxylic acids is 1. The number of rotatable bonds is 7. The highest BCUT2D eigenvalue weighted by Crippen LogP contribution is 2.28. The lowest BCUT2D eigenvalue weighted by molar-refractivity contribution is -0.116. The Morgan fingerprint density at radius 1 is 1.26 bits per heavy atom. The first-order chi connectivity index (χ1) is 13.1. The van der Waals surface area contributed by atoms with Crippen molar-refractivity contribution < 1.29 is 14.3 Å². The number of hydrogen-bond acceptors (Lipinski definition) is 4. The molecule has 0 atom stereocenters. The predicted octanol–water partition coefficient (Wildman–Crippen LogP) is 3.83. The van der Waals surface area contributed by atoms with E-state index in [4.69, 9.17) is 9.47 Å². The molecule has 2 aromatic heterocycles. The van der Waals surface area contributed by atoms with Crippen molar-refractivity contribution in [3.63, 3.8) is 0 Å². The highest BCUT2D eigenvalue weighted by Gasteiger charge is 2.05. The van der Waals surface area contributed by atoms with Crippen molar-refractivity contribution in [2.75, 3.05) is 13.7 Å². The molecule has 1 N–H and O–H groups in total. The Kier molecular flexibility index (Phi) is 6.13. The van der Waals surface area contributed by atoms with Crippen LogP contribution in [0.25, 0.3) is 11.7 Å². The Labute approximate surface area is 165 Å². The molecule has 0 aliphatic carbocycles. The van der Waals surface area contributed by atoms with Crippen LogP contribution in [0.15, 0.2) is 53.3 Å². The van der Waals surface area contributed by atoms with Gasteiger partial charge < -0.3 is 19.2 Å². The van der Waals surface area contributed by atoms with Crippen molar-refractivity contribution >= 4 is 33.6 Å². The maximum atomic E-state index is 12.1. The number of aromatic nitrogens is 2. The number of halogens is 1. The molecule has 0 aliphatic heterocycles. The number of carbonyl (C=O) groups is 1. The van der Waals surface area contributed by atoms with E-state index in [0.29, 0.717) is 24.7 Å². The van der Waals surface area contributed by atoms with Gasteiger partial charge in [0, 0.05) is 22.9 Å². The number of imidazole rings is 1. The molecular formula is C20H20BrN3O3. The molecule has 6 nitrogen and oxygen atoms in total. The number of ether oxygens (including phenoxy) is 2. The summed E-state index contributed by atoms with van der Waals surface area (Å²) in [6.07, 6.45) is 7.03. The highest BCUT2D eigenvalue weighted by molar-refractivity contribution is 9.10. The molecule has 1 aromatic carbocycles. The molecule has 0 spiro atoms. The van der Waals surface area contributed by atoms with E-state index < -0.39 is 0 Å². The maximum absolute atomic E-state index is 12.1. The second-order valence-electron chi connectivity index (χ2n) is 5.74. The molecule has 0 unspecified atom stereocenters. The molecule has 27 heavy (non-hydrogen) atoms. The van der Waals surface area contributed by atoms with Gasteiger partial charge in [0.05, 0.1) is 26.0 Å². The molecule has 0 saturated carbocycles. The first-order valence-electron chi connectivity index (χ1n) is 8.49. The molecule has 0 radical (unpaired) electrons. The Morgan fingerprint density at radius 2 is 2.11 bits per heavy atom. The molecule has 3 rings (SSSR count). The summed E-state index contributed by atoms with van der Waals surface area (Å²) in [6, 6.07) is 9.37. The predicted molar refractivity (Wildman–Crippen MR) is 108 cm³/mol. The van der Waals surface area contributed by atoms with Gasteiger partial charge in [-0.1, -0.05) is 6.07 Å². The normalized spacial score (nSPS) is 11.1. The summed E-state index contributed by atoms with van der Waals surface area (Å²) in [7, 11) is 1.59. The number of pyridine rings is 1. The van der Waals surface area contributed by atoms with E-state index in [1.54, 1.807) is 13.2 Å². The van der Waals surface area contributed by atoms with E-state index in [1.807, 2.05) is 54.0 Å². The summed E-state index contributed by atoms with van der Waals surface area (Å²) < 4.78 is 13.7. The fourth-order valence-corrected chi connectivity index (χ4v) is 2.93. The monoisotopic (exact) mass is 429 g/mol. The second kappa shape index (κ2) is 8.73. The first-order valence-corrected chi connectivity index (χ1v) is 9.28. The Hall–Kier alpha value is -2.80. The summed E-state index contributed by atoms with van der Waals surface area (Å²) in [4.78, 5) is 16.6. The third kappa shape index (κ3) is 4.89. The van der Waals surface area contributed by atoms with E-state index >= 15 is 0 Å². The van der Waals surface area contributed by atoms with Gasteiger partial charge in [-0.15, -0.1) is 0 Å². The number of fused-ring (bicyclic) bond motifs is 1. The quantitative estimate of drug-likeness (QED) is 0.579. The summed E-state index contributed by atoms with van der Waals surface area (Å²) >= 11 is 3.43. The van der Waals surface area contributed by atoms with Crippen molar-refractivity contribution in [3.05, 3.63) is 64.5 Å². The molecule has 0 aliphatic rings. The van der Waals surface area contributed by atoms with Gasteiger partial charge in [0.1, 0.15) is 5.65 Å². The van der Waals surface area contributed by atoms with E-state index in [-0.39, 0.29) is 5.91 Å². The van der Waals surface area contributed by atoms with Crippen LogP contribution >= 0.6 is 15.9 Å². The van der Waals surface area contributed by atoms with Gasteiger partial charge in [0.25, 0.3) is 0 Å². The van der Waals surface area contributed by atoms with E-state index in [0.717, 1.165) is 21.4 Å². The number of nitrogens with zero attached hydrogens (tertiary/aromatic N) is 2. The van der Waals surface area contributed by atoms with E-state index in [1.165, 1.54) is 6.08 Å². The van der Waals surface area contributed by atoms with Crippen LogP contribution in [0.3, 0.4) is 0 Å². The van der Waals surface area contributed by atoms with Crippen LogP contribution in [0.5, 0.6) is 11.5 Å². The SMILES string of the molecule is CCOc1ccc(/C=C/C(=O)NCc2cn3cc(Br)ccc3n2)cc1OC. The fraction of sp³-hybridized carbons (Fsp3) is 0.200. The van der Waals surface area contributed by atoms with Crippen LogP contribution in [-0.2, 0) is 11.3 Å². The summed E-state index contributed by atoms with van der Waals surface area (Å²) in [6.45, 7) is 2.84. The highest BCUT2D eigenvalue weighted by atomic mass is 79.9. The van der Waals surface area contributed by atoms with Crippen molar-refractivity contribution in [2.24, 2.45) is 0 Å². The lowest BCUT2D eigenvalue weighted by Crippen LogP contribution is -2.20. The molecule has 7 heteroatoms. The van der Waals surface area contributed by atoms with Gasteiger partial charge >= 0.3 is 0 Å². The van der Waals surface area contributed by atoms with Crippen molar-refractivity contribution in [2.45, 2.75) is 13.5 Å². The molecule has 0 fully saturated rings. The minimum atomic E-state index is -0.193. The van der Waals surface area contributed by atoms with E-state index in [2.05, 4.69) is 26.2 Å². The minimum Gasteiger partial charge on any atom is -0.493 e. The molecule has 0 saturated heterocycles. The molecule has 1 amide bonds. The third-order valence-corrected chi connectivity index (χ3v) is 4.29. The largest absolute Gasteiger partial charge is 0.493 e. The average Bonchev–Trinajstić information content (AvgIpc) is 3.07. The number of nitrogens with one attached hydrogen (secondary N) is 1. The van der Waals surface area contributed by atoms with Gasteiger partial charge in [0.15, 0.2) is 11.5 Å². The number of methoxy groups -OCH3 is 1. The summed E-state index contributed by atoms with van der Waals surface area (Å²) in [5.41, 5.74) is 2.47. The third-order valence-electron chi connectivity index (χ3n) is 3.82. The zero-order chi connectivity index (χ0) is 19.2. The second-order valence-corrected chi connectivity index (χ2v) is 6.66. The van der Waals surface area contributed by atoms with Crippen LogP contribution < -0.4 is 14.8 Å². The lowest BCUT2D eigenvalue weighted by atomic mass is 10.2. The fourth-order valence-electron chi connectivity index (χ4n) is 2.57. The Bertz CT molecular complexity index is 982. The van der Waals surface area contributed by atoms with Crippen LogP contribution in [0, 0.1) is 0 Å². The van der Waals surface area contributed by atoms with Gasteiger partial charge in [0.2, 0.25) is 5.91 Å². The van der Waals surface area contributed by atoms with Crippen molar-refractivity contribution in [1.82, 2.24) is 14.7 Å². The summed E-state index contributed by atoms with van der Waals surface area (Å²) in [5.74, 6) is 1.12. The van der Waals surface area contributed by atoms with Gasteiger partial charge in [-0.25, -0.2) is 4.98 Å². The number of benzene rings is 1. The summed E-state index contributed by atoms with van der Waals surface area (Å²) in [5, 5.41) is 2.84. The van der Waals surface area contributed by atoms with Crippen molar-refractivity contribution in [1.29, 1.82) is 0 Å². The number of hydrogen-bond donors (Lipinski definition) is 1. The standard InChI is InChI=1S/C20H20BrN3O3/c1-3-27-17-7-4-14(10-18(17)26-2)5-9-20(25)22-11-16-13-24-12-15(21)6-8-19(24)23-16/h4-10,12-13H,3,11H2,1-2H3,(H,22,25)/b9-5+. The van der Waals surface area contributed by atoms with Gasteiger partial charge in [-0.3, -0.25) is 4.79 Å². The first kappa shape index (κ1) is 19.0. The lowest BCUT2D eigenvalue weighted by Gasteiger charge is -2.09. The smallest absolute Gasteiger partial charge is 0.244 e. The number of amides is 1. The van der Waals surface area contributed by atoms with Crippen LogP contribution in [0.4, 0.5) is 0 Å². The zero-order valence-corrected chi connectivity index (χ0v) is 16.7. The molecule has 2 heterocycles. The molecular weight excluding hydrogens is 410 g/mol.